The quantitative estimate of drug-likeness (QED) is 0.837. The van der Waals surface area contributed by atoms with E-state index in [-0.39, 0.29) is 0 Å². The maximum absolute atomic E-state index is 12.4. The number of hydrogen-bond acceptors (Lipinski definition) is 2. The molecule has 2 rings (SSSR count). The Labute approximate surface area is 122 Å². The smallest absolute Gasteiger partial charge is 0.223 e. The highest BCUT2D eigenvalue weighted by Crippen LogP contribution is 2.23. The van der Waals surface area contributed by atoms with Crippen LogP contribution >= 0.6 is 0 Å². The fourth-order valence-electron chi connectivity index (χ4n) is 3.17. The highest BCUT2D eigenvalue weighted by Gasteiger charge is 2.23. The van der Waals surface area contributed by atoms with Gasteiger partial charge in [-0.3, -0.25) is 4.79 Å². The Hall–Kier alpha value is -1.51. The lowest BCUT2D eigenvalue weighted by Gasteiger charge is -2.33. The van der Waals surface area contributed by atoms with Gasteiger partial charge in [-0.25, -0.2) is 0 Å². The number of aryl methyl sites for hydroxylation is 1. The van der Waals surface area contributed by atoms with Gasteiger partial charge in [-0.05, 0) is 43.9 Å². The first kappa shape index (κ1) is 14.9. The molecule has 0 aliphatic heterocycles. The van der Waals surface area contributed by atoms with Crippen LogP contribution in [0.2, 0.25) is 0 Å². The average molecular weight is 274 g/mol. The summed E-state index contributed by atoms with van der Waals surface area (Å²) < 4.78 is 0. The van der Waals surface area contributed by atoms with E-state index in [9.17, 15) is 4.79 Å². The molecule has 0 unspecified atom stereocenters. The van der Waals surface area contributed by atoms with Crippen LogP contribution in [-0.4, -0.2) is 23.4 Å². The van der Waals surface area contributed by atoms with Crippen molar-refractivity contribution >= 4 is 11.6 Å². The van der Waals surface area contributed by atoms with E-state index in [1.165, 1.54) is 32.1 Å². The summed E-state index contributed by atoms with van der Waals surface area (Å²) in [5, 5.41) is 0. The van der Waals surface area contributed by atoms with Gasteiger partial charge in [0.15, 0.2) is 0 Å². The van der Waals surface area contributed by atoms with Crippen LogP contribution in [0.5, 0.6) is 0 Å². The molecule has 1 amide bonds. The standard InChI is InChI=1S/C17H26N2O/c1-2-19(16-9-4-3-5-10-16)17(20)12-11-14-7-6-8-15(18)13-14/h6-8,13,16H,2-5,9-12,18H2,1H3. The van der Waals surface area contributed by atoms with Crippen molar-refractivity contribution in [2.75, 3.05) is 12.3 Å². The zero-order valence-corrected chi connectivity index (χ0v) is 12.5. The molecule has 1 aromatic rings. The molecule has 1 aliphatic rings. The Morgan fingerprint density at radius 2 is 2.05 bits per heavy atom. The summed E-state index contributed by atoms with van der Waals surface area (Å²) in [6.07, 6.45) is 7.59. The zero-order valence-electron chi connectivity index (χ0n) is 12.5. The van der Waals surface area contributed by atoms with Crippen molar-refractivity contribution < 1.29 is 4.79 Å². The molecule has 110 valence electrons. The highest BCUT2D eigenvalue weighted by molar-refractivity contribution is 5.76. The maximum Gasteiger partial charge on any atom is 0.223 e. The van der Waals surface area contributed by atoms with Crippen molar-refractivity contribution in [1.29, 1.82) is 0 Å². The molecule has 0 saturated heterocycles. The van der Waals surface area contributed by atoms with Crippen molar-refractivity contribution in [2.24, 2.45) is 0 Å². The second-order valence-corrected chi connectivity index (χ2v) is 5.72. The molecule has 0 atom stereocenters. The topological polar surface area (TPSA) is 46.3 Å². The summed E-state index contributed by atoms with van der Waals surface area (Å²) in [5.41, 5.74) is 7.70. The molecule has 1 fully saturated rings. The summed E-state index contributed by atoms with van der Waals surface area (Å²) in [7, 11) is 0. The fourth-order valence-corrected chi connectivity index (χ4v) is 3.17. The minimum atomic E-state index is 0.293. The second-order valence-electron chi connectivity index (χ2n) is 5.72. The normalized spacial score (nSPS) is 16.1. The number of amides is 1. The molecule has 3 nitrogen and oxygen atoms in total. The van der Waals surface area contributed by atoms with E-state index in [0.717, 1.165) is 24.2 Å². The van der Waals surface area contributed by atoms with Crippen LogP contribution in [0.1, 0.15) is 51.0 Å². The minimum Gasteiger partial charge on any atom is -0.399 e. The predicted octanol–water partition coefficient (Wildman–Crippen LogP) is 3.38. The van der Waals surface area contributed by atoms with Crippen molar-refractivity contribution in [1.82, 2.24) is 4.90 Å². The predicted molar refractivity (Wildman–Crippen MR) is 83.4 cm³/mol. The molecule has 20 heavy (non-hydrogen) atoms. The summed E-state index contributed by atoms with van der Waals surface area (Å²) in [4.78, 5) is 14.5. The highest BCUT2D eigenvalue weighted by atomic mass is 16.2. The summed E-state index contributed by atoms with van der Waals surface area (Å²) in [6, 6.07) is 8.31. The first-order chi connectivity index (χ1) is 9.70. The van der Waals surface area contributed by atoms with Crippen molar-refractivity contribution in [3.8, 4) is 0 Å². The Balaban J connectivity index is 1.88. The third-order valence-electron chi connectivity index (χ3n) is 4.26. The number of anilines is 1. The van der Waals surface area contributed by atoms with Crippen molar-refractivity contribution in [3.05, 3.63) is 29.8 Å². The Morgan fingerprint density at radius 3 is 2.70 bits per heavy atom. The fraction of sp³-hybridized carbons (Fsp3) is 0.588. The second kappa shape index (κ2) is 7.32. The van der Waals surface area contributed by atoms with Crippen LogP contribution in [0.25, 0.3) is 0 Å². The van der Waals surface area contributed by atoms with Crippen LogP contribution in [0.15, 0.2) is 24.3 Å². The van der Waals surface area contributed by atoms with Gasteiger partial charge in [-0.15, -0.1) is 0 Å². The van der Waals surface area contributed by atoms with Gasteiger partial charge in [-0.1, -0.05) is 31.4 Å². The Kier molecular flexibility index (Phi) is 5.45. The van der Waals surface area contributed by atoms with E-state index in [0.29, 0.717) is 18.4 Å². The first-order valence-corrected chi connectivity index (χ1v) is 7.84. The molecular formula is C17H26N2O. The number of nitrogens with zero attached hydrogens (tertiary/aromatic N) is 1. The number of carbonyl (C=O) groups is 1. The molecule has 2 N–H and O–H groups in total. The van der Waals surface area contributed by atoms with Gasteiger partial charge >= 0.3 is 0 Å². The molecule has 0 radical (unpaired) electrons. The van der Waals surface area contributed by atoms with Crippen LogP contribution < -0.4 is 5.73 Å². The number of nitrogen functional groups attached to an aromatic ring is 1. The van der Waals surface area contributed by atoms with Gasteiger partial charge in [0.25, 0.3) is 0 Å². The van der Waals surface area contributed by atoms with Crippen molar-refractivity contribution in [3.63, 3.8) is 0 Å². The van der Waals surface area contributed by atoms with Gasteiger partial charge in [0.05, 0.1) is 0 Å². The minimum absolute atomic E-state index is 0.293. The third-order valence-corrected chi connectivity index (χ3v) is 4.26. The molecular weight excluding hydrogens is 248 g/mol. The number of nitrogens with two attached hydrogens (primary N) is 1. The largest absolute Gasteiger partial charge is 0.399 e. The zero-order chi connectivity index (χ0) is 14.4. The maximum atomic E-state index is 12.4. The van der Waals surface area contributed by atoms with Crippen LogP contribution in [0.4, 0.5) is 5.69 Å². The Morgan fingerprint density at radius 1 is 1.30 bits per heavy atom. The van der Waals surface area contributed by atoms with Crippen LogP contribution in [-0.2, 0) is 11.2 Å². The SMILES string of the molecule is CCN(C(=O)CCc1cccc(N)c1)C1CCCCC1. The summed E-state index contributed by atoms with van der Waals surface area (Å²) in [5.74, 6) is 0.293. The summed E-state index contributed by atoms with van der Waals surface area (Å²) >= 11 is 0. The van der Waals surface area contributed by atoms with Gasteiger partial charge in [0.2, 0.25) is 5.91 Å². The number of benzene rings is 1. The van der Waals surface area contributed by atoms with E-state index in [1.54, 1.807) is 0 Å². The number of carbonyl (C=O) groups excluding carboxylic acids is 1. The van der Waals surface area contributed by atoms with Gasteiger partial charge in [0.1, 0.15) is 0 Å². The van der Waals surface area contributed by atoms with Gasteiger partial charge in [-0.2, -0.15) is 0 Å². The van der Waals surface area contributed by atoms with E-state index in [2.05, 4.69) is 11.8 Å². The molecule has 3 heteroatoms. The van der Waals surface area contributed by atoms with E-state index < -0.39 is 0 Å². The number of hydrogen-bond donors (Lipinski definition) is 1. The Bertz CT molecular complexity index is 438. The van der Waals surface area contributed by atoms with E-state index in [1.807, 2.05) is 24.3 Å². The van der Waals surface area contributed by atoms with Gasteiger partial charge in [0, 0.05) is 24.7 Å². The van der Waals surface area contributed by atoms with E-state index in [4.69, 9.17) is 5.73 Å². The first-order valence-electron chi connectivity index (χ1n) is 7.84. The average Bonchev–Trinajstić information content (AvgIpc) is 2.47. The lowest BCUT2D eigenvalue weighted by atomic mass is 9.94. The van der Waals surface area contributed by atoms with Crippen LogP contribution in [0, 0.1) is 0 Å². The molecule has 0 heterocycles. The molecule has 1 saturated carbocycles. The van der Waals surface area contributed by atoms with E-state index >= 15 is 0 Å². The van der Waals surface area contributed by atoms with Crippen LogP contribution in [0.3, 0.4) is 0 Å². The molecule has 0 spiro atoms. The third kappa shape index (κ3) is 3.99. The summed E-state index contributed by atoms with van der Waals surface area (Å²) in [6.45, 7) is 2.92. The molecule has 0 aromatic heterocycles. The lowest BCUT2D eigenvalue weighted by Crippen LogP contribution is -2.41. The lowest BCUT2D eigenvalue weighted by molar-refractivity contribution is -0.133. The monoisotopic (exact) mass is 274 g/mol. The number of rotatable bonds is 5. The van der Waals surface area contributed by atoms with Crippen molar-refractivity contribution in [2.45, 2.75) is 57.9 Å². The van der Waals surface area contributed by atoms with Gasteiger partial charge < -0.3 is 10.6 Å². The molecule has 0 bridgehead atoms. The molecule has 1 aliphatic carbocycles. The molecule has 1 aromatic carbocycles.